The number of hydrogen-bond donors (Lipinski definition) is 1. The number of aromatic carboxylic acids is 1. The van der Waals surface area contributed by atoms with Crippen LogP contribution in [0.1, 0.15) is 32.6 Å². The van der Waals surface area contributed by atoms with Gasteiger partial charge in [0.25, 0.3) is 0 Å². The fourth-order valence-corrected chi connectivity index (χ4v) is 2.82. The second-order valence-electron chi connectivity index (χ2n) is 5.05. The van der Waals surface area contributed by atoms with Crippen LogP contribution in [0, 0.1) is 20.8 Å². The summed E-state index contributed by atoms with van der Waals surface area (Å²) in [6, 6.07) is 8.84. The van der Waals surface area contributed by atoms with Gasteiger partial charge >= 0.3 is 5.97 Å². The molecule has 0 spiro atoms. The van der Waals surface area contributed by atoms with Crippen LogP contribution in [0.25, 0.3) is 0 Å². The molecule has 0 fully saturated rings. The molecule has 2 rings (SSSR count). The molecule has 0 aliphatic carbocycles. The minimum Gasteiger partial charge on any atom is -0.488 e. The first kappa shape index (κ1) is 15.6. The van der Waals surface area contributed by atoms with E-state index in [1.165, 1.54) is 0 Å². The highest BCUT2D eigenvalue weighted by molar-refractivity contribution is 9.10. The Labute approximate surface area is 132 Å². The van der Waals surface area contributed by atoms with Crippen molar-refractivity contribution in [2.45, 2.75) is 27.4 Å². The van der Waals surface area contributed by atoms with E-state index in [2.05, 4.69) is 15.9 Å². The molecule has 0 aliphatic heterocycles. The van der Waals surface area contributed by atoms with Crippen LogP contribution >= 0.6 is 15.9 Å². The van der Waals surface area contributed by atoms with Gasteiger partial charge in [0.15, 0.2) is 0 Å². The molecule has 1 N–H and O–H groups in total. The lowest BCUT2D eigenvalue weighted by molar-refractivity contribution is 0.0696. The maximum atomic E-state index is 11.0. The molecule has 0 heterocycles. The predicted molar refractivity (Wildman–Crippen MR) is 86.1 cm³/mol. The Bertz CT molecular complexity index is 693. The third-order valence-electron chi connectivity index (χ3n) is 3.52. The summed E-state index contributed by atoms with van der Waals surface area (Å²) >= 11 is 3.53. The molecule has 2 aromatic carbocycles. The molecular weight excluding hydrogens is 332 g/mol. The average molecular weight is 349 g/mol. The fraction of sp³-hybridized carbons (Fsp3) is 0.235. The number of ether oxygens (including phenoxy) is 1. The summed E-state index contributed by atoms with van der Waals surface area (Å²) in [6.07, 6.45) is 0. The molecule has 3 nitrogen and oxygen atoms in total. The molecule has 4 heteroatoms. The van der Waals surface area contributed by atoms with E-state index in [4.69, 9.17) is 9.84 Å². The van der Waals surface area contributed by atoms with Gasteiger partial charge in [-0.15, -0.1) is 0 Å². The molecular formula is C17H17BrO3. The Kier molecular flexibility index (Phi) is 4.68. The minimum absolute atomic E-state index is 0.275. The molecule has 2 aromatic rings. The van der Waals surface area contributed by atoms with Crippen LogP contribution in [-0.4, -0.2) is 11.1 Å². The smallest absolute Gasteiger partial charge is 0.335 e. The van der Waals surface area contributed by atoms with Crippen molar-refractivity contribution in [3.8, 4) is 5.75 Å². The number of carboxylic acids is 1. The third kappa shape index (κ3) is 3.45. The SMILES string of the molecule is Cc1cc(Br)c(C)c(C)c1OCc1cccc(C(=O)O)c1. The summed E-state index contributed by atoms with van der Waals surface area (Å²) in [4.78, 5) is 11.0. The van der Waals surface area contributed by atoms with Crippen molar-refractivity contribution < 1.29 is 14.6 Å². The Morgan fingerprint density at radius 2 is 1.90 bits per heavy atom. The maximum absolute atomic E-state index is 11.0. The maximum Gasteiger partial charge on any atom is 0.335 e. The summed E-state index contributed by atoms with van der Waals surface area (Å²) in [5, 5.41) is 9.00. The predicted octanol–water partition coefficient (Wildman–Crippen LogP) is 4.65. The summed E-state index contributed by atoms with van der Waals surface area (Å²) in [5.74, 6) is -0.0693. The van der Waals surface area contributed by atoms with Crippen LogP contribution in [-0.2, 0) is 6.61 Å². The van der Waals surface area contributed by atoms with Crippen LogP contribution in [0.5, 0.6) is 5.75 Å². The van der Waals surface area contributed by atoms with Crippen molar-refractivity contribution in [1.29, 1.82) is 0 Å². The number of rotatable bonds is 4. The minimum atomic E-state index is -0.927. The van der Waals surface area contributed by atoms with Gasteiger partial charge in [0.2, 0.25) is 0 Å². The van der Waals surface area contributed by atoms with E-state index >= 15 is 0 Å². The summed E-state index contributed by atoms with van der Waals surface area (Å²) in [5.41, 5.74) is 4.41. The second-order valence-corrected chi connectivity index (χ2v) is 5.90. The van der Waals surface area contributed by atoms with Gasteiger partial charge in [-0.25, -0.2) is 4.79 Å². The molecule has 21 heavy (non-hydrogen) atoms. The molecule has 0 unspecified atom stereocenters. The molecule has 0 bridgehead atoms. The van der Waals surface area contributed by atoms with Crippen molar-refractivity contribution in [1.82, 2.24) is 0 Å². The first-order valence-corrected chi connectivity index (χ1v) is 7.40. The molecule has 0 amide bonds. The lowest BCUT2D eigenvalue weighted by Gasteiger charge is -2.15. The molecule has 0 saturated heterocycles. The highest BCUT2D eigenvalue weighted by Gasteiger charge is 2.11. The van der Waals surface area contributed by atoms with E-state index in [-0.39, 0.29) is 5.56 Å². The van der Waals surface area contributed by atoms with E-state index in [0.717, 1.165) is 32.5 Å². The van der Waals surface area contributed by atoms with E-state index in [1.807, 2.05) is 32.9 Å². The van der Waals surface area contributed by atoms with Crippen LogP contribution in [0.15, 0.2) is 34.8 Å². The van der Waals surface area contributed by atoms with Gasteiger partial charge in [-0.3, -0.25) is 0 Å². The Hall–Kier alpha value is -1.81. The van der Waals surface area contributed by atoms with E-state index in [1.54, 1.807) is 18.2 Å². The van der Waals surface area contributed by atoms with Gasteiger partial charge in [-0.05, 0) is 61.2 Å². The molecule has 0 atom stereocenters. The molecule has 0 aliphatic rings. The van der Waals surface area contributed by atoms with E-state index in [9.17, 15) is 4.79 Å². The summed E-state index contributed by atoms with van der Waals surface area (Å²) in [7, 11) is 0. The number of benzene rings is 2. The highest BCUT2D eigenvalue weighted by Crippen LogP contribution is 2.32. The fourth-order valence-electron chi connectivity index (χ4n) is 2.18. The standard InChI is InChI=1S/C17H17BrO3/c1-10-7-15(18)11(2)12(3)16(10)21-9-13-5-4-6-14(8-13)17(19)20/h4-8H,9H2,1-3H3,(H,19,20). The quantitative estimate of drug-likeness (QED) is 0.874. The normalized spacial score (nSPS) is 10.5. The number of aryl methyl sites for hydroxylation is 1. The largest absolute Gasteiger partial charge is 0.488 e. The topological polar surface area (TPSA) is 46.5 Å². The van der Waals surface area contributed by atoms with Crippen molar-refractivity contribution >= 4 is 21.9 Å². The van der Waals surface area contributed by atoms with Gasteiger partial charge in [-0.1, -0.05) is 28.1 Å². The summed E-state index contributed by atoms with van der Waals surface area (Å²) in [6.45, 7) is 6.41. The zero-order valence-electron chi connectivity index (χ0n) is 12.2. The monoisotopic (exact) mass is 348 g/mol. The average Bonchev–Trinajstić information content (AvgIpc) is 2.45. The van der Waals surface area contributed by atoms with Crippen LogP contribution in [0.4, 0.5) is 0 Å². The van der Waals surface area contributed by atoms with Crippen molar-refractivity contribution in [2.75, 3.05) is 0 Å². The summed E-state index contributed by atoms with van der Waals surface area (Å²) < 4.78 is 6.98. The van der Waals surface area contributed by atoms with Gasteiger partial charge < -0.3 is 9.84 Å². The van der Waals surface area contributed by atoms with Crippen LogP contribution in [0.2, 0.25) is 0 Å². The number of hydrogen-bond acceptors (Lipinski definition) is 2. The third-order valence-corrected chi connectivity index (χ3v) is 4.34. The Balaban J connectivity index is 2.23. The van der Waals surface area contributed by atoms with E-state index in [0.29, 0.717) is 6.61 Å². The van der Waals surface area contributed by atoms with Crippen molar-refractivity contribution in [3.63, 3.8) is 0 Å². The zero-order chi connectivity index (χ0) is 15.6. The lowest BCUT2D eigenvalue weighted by atomic mass is 10.1. The van der Waals surface area contributed by atoms with Crippen molar-refractivity contribution in [2.24, 2.45) is 0 Å². The van der Waals surface area contributed by atoms with Crippen LogP contribution in [0.3, 0.4) is 0 Å². The van der Waals surface area contributed by atoms with E-state index < -0.39 is 5.97 Å². The van der Waals surface area contributed by atoms with Gasteiger partial charge in [-0.2, -0.15) is 0 Å². The number of halogens is 1. The lowest BCUT2D eigenvalue weighted by Crippen LogP contribution is -2.03. The number of carbonyl (C=O) groups is 1. The Morgan fingerprint density at radius 3 is 2.57 bits per heavy atom. The molecule has 0 radical (unpaired) electrons. The highest BCUT2D eigenvalue weighted by atomic mass is 79.9. The molecule has 110 valence electrons. The first-order valence-electron chi connectivity index (χ1n) is 6.61. The molecule has 0 saturated carbocycles. The first-order chi connectivity index (χ1) is 9.90. The van der Waals surface area contributed by atoms with Crippen LogP contribution < -0.4 is 4.74 Å². The van der Waals surface area contributed by atoms with Crippen molar-refractivity contribution in [3.05, 3.63) is 62.6 Å². The zero-order valence-corrected chi connectivity index (χ0v) is 13.8. The van der Waals surface area contributed by atoms with Gasteiger partial charge in [0, 0.05) is 4.47 Å². The van der Waals surface area contributed by atoms with Gasteiger partial charge in [0.05, 0.1) is 5.56 Å². The van der Waals surface area contributed by atoms with Gasteiger partial charge in [0.1, 0.15) is 12.4 Å². The number of carboxylic acid groups (broad SMARTS) is 1. The second kappa shape index (κ2) is 6.31. The molecule has 0 aromatic heterocycles. The Morgan fingerprint density at radius 1 is 1.19 bits per heavy atom.